The second-order valence-corrected chi connectivity index (χ2v) is 6.76. The molecule has 1 aromatic heterocycles. The number of nitrogen functional groups attached to an aromatic ring is 1. The van der Waals surface area contributed by atoms with Crippen LogP contribution in [-0.4, -0.2) is 53.9 Å². The van der Waals surface area contributed by atoms with Gasteiger partial charge in [-0.05, 0) is 31.7 Å². The van der Waals surface area contributed by atoms with Crippen LogP contribution in [0.15, 0.2) is 24.3 Å². The second-order valence-electron chi connectivity index (χ2n) is 6.76. The number of nitrogens with one attached hydrogen (secondary N) is 2. The Morgan fingerprint density at radius 3 is 2.74 bits per heavy atom. The lowest BCUT2D eigenvalue weighted by atomic mass is 10.0. The van der Waals surface area contributed by atoms with Crippen molar-refractivity contribution in [1.82, 2.24) is 14.9 Å². The second kappa shape index (κ2) is 7.35. The zero-order valence-corrected chi connectivity index (χ0v) is 14.7. The number of alkyl halides is 4. The van der Waals surface area contributed by atoms with E-state index >= 15 is 0 Å². The Bertz CT molecular complexity index is 835. The Morgan fingerprint density at radius 1 is 1.37 bits per heavy atom. The summed E-state index contributed by atoms with van der Waals surface area (Å²) in [6.07, 6.45) is -5.06. The first-order valence-electron chi connectivity index (χ1n) is 8.48. The zero-order valence-electron chi connectivity index (χ0n) is 14.7. The average molecular weight is 387 g/mol. The maximum atomic E-state index is 14.3. The highest BCUT2D eigenvalue weighted by molar-refractivity contribution is 6.02. The van der Waals surface area contributed by atoms with Crippen molar-refractivity contribution in [2.24, 2.45) is 5.84 Å². The molecular formula is C17H21F4N5O. The summed E-state index contributed by atoms with van der Waals surface area (Å²) in [6.45, 7) is -0.337. The molecule has 0 spiro atoms. The summed E-state index contributed by atoms with van der Waals surface area (Å²) in [6, 6.07) is 5.61. The van der Waals surface area contributed by atoms with Gasteiger partial charge in [-0.3, -0.25) is 10.2 Å². The molecule has 6 nitrogen and oxygen atoms in total. The first kappa shape index (κ1) is 19.4. The first-order chi connectivity index (χ1) is 12.7. The minimum Gasteiger partial charge on any atom is -0.379 e. The van der Waals surface area contributed by atoms with Gasteiger partial charge in [0.1, 0.15) is 18.4 Å². The molecule has 0 saturated carbocycles. The summed E-state index contributed by atoms with van der Waals surface area (Å²) in [5.41, 5.74) is 2.36. The molecule has 1 fully saturated rings. The molecule has 0 unspecified atom stereocenters. The van der Waals surface area contributed by atoms with Crippen LogP contribution in [0.3, 0.4) is 0 Å². The van der Waals surface area contributed by atoms with Crippen LogP contribution in [0.2, 0.25) is 0 Å². The number of amides is 1. The molecule has 3 rings (SSSR count). The van der Waals surface area contributed by atoms with Gasteiger partial charge in [0, 0.05) is 24.2 Å². The molecule has 0 radical (unpaired) electrons. The SMILES string of the molecule is CN1CC[C@H](Nc2cccc3c2cc(C(=O)NN)n3CC(F)(F)F)[C@@H](F)C1. The molecule has 1 aromatic carbocycles. The maximum absolute atomic E-state index is 14.3. The van der Waals surface area contributed by atoms with Crippen molar-refractivity contribution >= 4 is 22.5 Å². The van der Waals surface area contributed by atoms with Gasteiger partial charge in [0.05, 0.1) is 11.6 Å². The van der Waals surface area contributed by atoms with E-state index in [-0.39, 0.29) is 17.8 Å². The Balaban J connectivity index is 2.01. The quantitative estimate of drug-likeness (QED) is 0.326. The number of carbonyl (C=O) groups excluding carboxylic acids is 1. The van der Waals surface area contributed by atoms with Crippen molar-refractivity contribution in [1.29, 1.82) is 0 Å². The van der Waals surface area contributed by atoms with E-state index < -0.39 is 30.8 Å². The lowest BCUT2D eigenvalue weighted by Gasteiger charge is -2.33. The molecule has 1 saturated heterocycles. The first-order valence-corrected chi connectivity index (χ1v) is 8.48. The van der Waals surface area contributed by atoms with Gasteiger partial charge in [0.2, 0.25) is 0 Å². The Morgan fingerprint density at radius 2 is 2.11 bits per heavy atom. The molecule has 1 aliphatic heterocycles. The third kappa shape index (κ3) is 4.16. The Labute approximate surface area is 153 Å². The number of halogens is 4. The van der Waals surface area contributed by atoms with Crippen LogP contribution in [0.4, 0.5) is 23.2 Å². The summed E-state index contributed by atoms with van der Waals surface area (Å²) in [5.74, 6) is 4.28. The highest BCUT2D eigenvalue weighted by Crippen LogP contribution is 2.31. The summed E-state index contributed by atoms with van der Waals surface area (Å²) >= 11 is 0. The molecule has 0 bridgehead atoms. The molecule has 4 N–H and O–H groups in total. The number of benzene rings is 1. The molecule has 0 aliphatic carbocycles. The number of hydrogen-bond acceptors (Lipinski definition) is 4. The minimum atomic E-state index is -4.52. The average Bonchev–Trinajstić information content (AvgIpc) is 2.94. The lowest BCUT2D eigenvalue weighted by molar-refractivity contribution is -0.140. The van der Waals surface area contributed by atoms with Crippen LogP contribution < -0.4 is 16.6 Å². The summed E-state index contributed by atoms with van der Waals surface area (Å²) in [7, 11) is 1.83. The fourth-order valence-electron chi connectivity index (χ4n) is 3.44. The number of hydrogen-bond donors (Lipinski definition) is 3. The van der Waals surface area contributed by atoms with Gasteiger partial charge < -0.3 is 14.8 Å². The summed E-state index contributed by atoms with van der Waals surface area (Å²) < 4.78 is 54.2. The highest BCUT2D eigenvalue weighted by atomic mass is 19.4. The topological polar surface area (TPSA) is 75.3 Å². The Kier molecular flexibility index (Phi) is 5.29. The fourth-order valence-corrected chi connectivity index (χ4v) is 3.44. The normalized spacial score (nSPS) is 21.4. The summed E-state index contributed by atoms with van der Waals surface area (Å²) in [4.78, 5) is 13.9. The van der Waals surface area contributed by atoms with Crippen LogP contribution in [0.5, 0.6) is 0 Å². The summed E-state index contributed by atoms with van der Waals surface area (Å²) in [5, 5.41) is 3.50. The van der Waals surface area contributed by atoms with Crippen LogP contribution >= 0.6 is 0 Å². The molecule has 1 aliphatic rings. The van der Waals surface area contributed by atoms with E-state index in [9.17, 15) is 22.4 Å². The highest BCUT2D eigenvalue weighted by Gasteiger charge is 2.32. The van der Waals surface area contributed by atoms with Crippen molar-refractivity contribution < 1.29 is 22.4 Å². The number of fused-ring (bicyclic) bond motifs is 1. The number of piperidine rings is 1. The van der Waals surface area contributed by atoms with Crippen LogP contribution in [-0.2, 0) is 6.54 Å². The van der Waals surface area contributed by atoms with Gasteiger partial charge in [-0.25, -0.2) is 10.2 Å². The number of rotatable bonds is 4. The standard InChI is InChI=1S/C17H21F4N5O/c1-25-6-5-13(11(18)8-25)23-12-3-2-4-14-10(12)7-15(16(27)24-22)26(14)9-17(19,20)21/h2-4,7,11,13,23H,5-6,8-9,22H2,1H3,(H,24,27)/t11-,13-/m0/s1. The van der Waals surface area contributed by atoms with Crippen molar-refractivity contribution in [2.45, 2.75) is 31.4 Å². The maximum Gasteiger partial charge on any atom is 0.406 e. The molecular weight excluding hydrogens is 366 g/mol. The molecule has 10 heteroatoms. The van der Waals surface area contributed by atoms with E-state index in [0.717, 1.165) is 4.57 Å². The van der Waals surface area contributed by atoms with Crippen molar-refractivity contribution in [3.63, 3.8) is 0 Å². The van der Waals surface area contributed by atoms with Crippen LogP contribution in [0, 0.1) is 0 Å². The van der Waals surface area contributed by atoms with Crippen LogP contribution in [0.25, 0.3) is 10.9 Å². The lowest BCUT2D eigenvalue weighted by Crippen LogP contribution is -2.46. The van der Waals surface area contributed by atoms with Gasteiger partial charge in [-0.2, -0.15) is 13.2 Å². The predicted octanol–water partition coefficient (Wildman–Crippen LogP) is 2.26. The van der Waals surface area contributed by atoms with Crippen LogP contribution in [0.1, 0.15) is 16.9 Å². The molecule has 2 aromatic rings. The van der Waals surface area contributed by atoms with Crippen molar-refractivity contribution in [2.75, 3.05) is 25.5 Å². The van der Waals surface area contributed by atoms with E-state index in [1.165, 1.54) is 12.1 Å². The number of carbonyl (C=O) groups is 1. The van der Waals surface area contributed by atoms with E-state index in [1.54, 1.807) is 12.1 Å². The largest absolute Gasteiger partial charge is 0.406 e. The molecule has 1 amide bonds. The molecule has 2 heterocycles. The smallest absolute Gasteiger partial charge is 0.379 e. The van der Waals surface area contributed by atoms with E-state index in [0.29, 0.717) is 24.0 Å². The van der Waals surface area contributed by atoms with Gasteiger partial charge in [0.25, 0.3) is 5.91 Å². The fraction of sp³-hybridized carbons (Fsp3) is 0.471. The van der Waals surface area contributed by atoms with Gasteiger partial charge in [-0.1, -0.05) is 6.07 Å². The zero-order chi connectivity index (χ0) is 19.8. The predicted molar refractivity (Wildman–Crippen MR) is 94.1 cm³/mol. The van der Waals surface area contributed by atoms with E-state index in [2.05, 4.69) is 5.32 Å². The monoisotopic (exact) mass is 387 g/mol. The number of aromatic nitrogens is 1. The third-order valence-corrected chi connectivity index (χ3v) is 4.73. The number of hydrazine groups is 1. The number of anilines is 1. The number of nitrogens with zero attached hydrogens (tertiary/aromatic N) is 2. The molecule has 2 atom stereocenters. The van der Waals surface area contributed by atoms with Crippen molar-refractivity contribution in [3.05, 3.63) is 30.0 Å². The van der Waals surface area contributed by atoms with E-state index in [4.69, 9.17) is 5.84 Å². The minimum absolute atomic E-state index is 0.209. The Hall–Kier alpha value is -2.33. The van der Waals surface area contributed by atoms with Crippen molar-refractivity contribution in [3.8, 4) is 0 Å². The number of nitrogens with two attached hydrogens (primary N) is 1. The van der Waals surface area contributed by atoms with Gasteiger partial charge in [-0.15, -0.1) is 0 Å². The van der Waals surface area contributed by atoms with Gasteiger partial charge in [0.15, 0.2) is 0 Å². The molecule has 27 heavy (non-hydrogen) atoms. The number of likely N-dealkylation sites (tertiary alicyclic amines) is 1. The van der Waals surface area contributed by atoms with Gasteiger partial charge >= 0.3 is 6.18 Å². The molecule has 148 valence electrons. The van der Waals surface area contributed by atoms with E-state index in [1.807, 2.05) is 17.4 Å². The third-order valence-electron chi connectivity index (χ3n) is 4.73.